The molecule has 0 aromatic carbocycles. The second-order valence-electron chi connectivity index (χ2n) is 7.17. The molecule has 2 heterocycles. The number of hydrogen-bond acceptors (Lipinski definition) is 4. The number of aromatic amines is 1. The second kappa shape index (κ2) is 7.57. The number of rotatable bonds is 7. The fourth-order valence-electron chi connectivity index (χ4n) is 3.48. The van der Waals surface area contributed by atoms with E-state index in [1.165, 1.54) is 17.7 Å². The normalized spacial score (nSPS) is 17.4. The first kappa shape index (κ1) is 17.4. The third-order valence-electron chi connectivity index (χ3n) is 4.77. The summed E-state index contributed by atoms with van der Waals surface area (Å²) in [4.78, 5) is 5.01. The zero-order valence-corrected chi connectivity index (χ0v) is 14.9. The maximum Gasteiger partial charge on any atom is 0.0625 e. The molecule has 1 fully saturated rings. The zero-order valence-electron chi connectivity index (χ0n) is 14.9. The van der Waals surface area contributed by atoms with Gasteiger partial charge in [-0.2, -0.15) is 5.10 Å². The van der Waals surface area contributed by atoms with E-state index in [4.69, 9.17) is 4.74 Å². The molecular formula is C17H32N4O. The molecule has 1 aliphatic rings. The summed E-state index contributed by atoms with van der Waals surface area (Å²) in [5, 5.41) is 7.35. The molecule has 1 aromatic rings. The standard InChI is InChI=1S/C17H32N4O/c1-14-16(15(2)19-18-14)7-6-8-20(5)13-17(3,4)21-9-11-22-12-10-21/h6-13H2,1-5H3,(H,18,19). The Kier molecular flexibility index (Phi) is 6.01. The molecule has 0 aliphatic carbocycles. The Labute approximate surface area is 135 Å². The molecule has 1 aliphatic heterocycles. The van der Waals surface area contributed by atoms with Gasteiger partial charge in [-0.15, -0.1) is 0 Å². The summed E-state index contributed by atoms with van der Waals surface area (Å²) in [6.07, 6.45) is 2.29. The number of H-pyrrole nitrogens is 1. The predicted molar refractivity (Wildman–Crippen MR) is 90.4 cm³/mol. The number of aromatic nitrogens is 2. The zero-order chi connectivity index (χ0) is 16.2. The van der Waals surface area contributed by atoms with E-state index in [0.29, 0.717) is 0 Å². The van der Waals surface area contributed by atoms with Crippen LogP contribution >= 0.6 is 0 Å². The van der Waals surface area contributed by atoms with Crippen molar-refractivity contribution in [2.45, 2.75) is 46.1 Å². The van der Waals surface area contributed by atoms with Crippen LogP contribution in [0.5, 0.6) is 0 Å². The van der Waals surface area contributed by atoms with E-state index in [-0.39, 0.29) is 5.54 Å². The van der Waals surface area contributed by atoms with Crippen LogP contribution in [0.2, 0.25) is 0 Å². The van der Waals surface area contributed by atoms with Crippen molar-refractivity contribution in [3.05, 3.63) is 17.0 Å². The Morgan fingerprint density at radius 1 is 1.27 bits per heavy atom. The lowest BCUT2D eigenvalue weighted by Gasteiger charge is -2.42. The summed E-state index contributed by atoms with van der Waals surface area (Å²) in [6, 6.07) is 0. The quantitative estimate of drug-likeness (QED) is 0.837. The van der Waals surface area contributed by atoms with Crippen LogP contribution < -0.4 is 0 Å². The first-order valence-corrected chi connectivity index (χ1v) is 8.42. The average molecular weight is 308 g/mol. The monoisotopic (exact) mass is 308 g/mol. The van der Waals surface area contributed by atoms with Gasteiger partial charge in [0.15, 0.2) is 0 Å². The minimum Gasteiger partial charge on any atom is -0.379 e. The van der Waals surface area contributed by atoms with E-state index in [1.807, 2.05) is 0 Å². The summed E-state index contributed by atoms with van der Waals surface area (Å²) in [5.74, 6) is 0. The third kappa shape index (κ3) is 4.54. The molecule has 0 saturated carbocycles. The van der Waals surface area contributed by atoms with Crippen molar-refractivity contribution in [1.82, 2.24) is 20.0 Å². The SMILES string of the molecule is Cc1n[nH]c(C)c1CCCN(C)CC(C)(C)N1CCOCC1. The van der Waals surface area contributed by atoms with Crippen LogP contribution in [-0.4, -0.2) is 72.0 Å². The van der Waals surface area contributed by atoms with Gasteiger partial charge in [0.05, 0.1) is 18.9 Å². The number of likely N-dealkylation sites (N-methyl/N-ethyl adjacent to an activating group) is 1. The molecule has 0 unspecified atom stereocenters. The molecule has 0 spiro atoms. The van der Waals surface area contributed by atoms with Gasteiger partial charge in [-0.25, -0.2) is 0 Å². The van der Waals surface area contributed by atoms with E-state index in [0.717, 1.165) is 51.5 Å². The number of nitrogens with zero attached hydrogens (tertiary/aromatic N) is 3. The van der Waals surface area contributed by atoms with Crippen LogP contribution in [0.4, 0.5) is 0 Å². The lowest BCUT2D eigenvalue weighted by molar-refractivity contribution is -0.0194. The highest BCUT2D eigenvalue weighted by Crippen LogP contribution is 2.18. The van der Waals surface area contributed by atoms with E-state index in [9.17, 15) is 0 Å². The first-order chi connectivity index (χ1) is 10.4. The minimum absolute atomic E-state index is 0.208. The van der Waals surface area contributed by atoms with Crippen LogP contribution in [0, 0.1) is 13.8 Å². The summed E-state index contributed by atoms with van der Waals surface area (Å²) in [7, 11) is 2.23. The Hall–Kier alpha value is -0.910. The van der Waals surface area contributed by atoms with E-state index in [2.05, 4.69) is 54.7 Å². The maximum absolute atomic E-state index is 5.46. The van der Waals surface area contributed by atoms with E-state index >= 15 is 0 Å². The maximum atomic E-state index is 5.46. The first-order valence-electron chi connectivity index (χ1n) is 8.42. The smallest absolute Gasteiger partial charge is 0.0625 e. The molecule has 126 valence electrons. The molecule has 5 heteroatoms. The van der Waals surface area contributed by atoms with Crippen LogP contribution in [0.25, 0.3) is 0 Å². The summed E-state index contributed by atoms with van der Waals surface area (Å²) in [5.41, 5.74) is 3.96. The fourth-order valence-corrected chi connectivity index (χ4v) is 3.48. The highest BCUT2D eigenvalue weighted by atomic mass is 16.5. The van der Waals surface area contributed by atoms with Crippen molar-refractivity contribution >= 4 is 0 Å². The highest BCUT2D eigenvalue weighted by molar-refractivity contribution is 5.23. The molecule has 22 heavy (non-hydrogen) atoms. The van der Waals surface area contributed by atoms with Gasteiger partial charge in [0, 0.05) is 30.9 Å². The van der Waals surface area contributed by atoms with E-state index < -0.39 is 0 Å². The number of hydrogen-bond donors (Lipinski definition) is 1. The lowest BCUT2D eigenvalue weighted by atomic mass is 10.0. The Morgan fingerprint density at radius 2 is 1.95 bits per heavy atom. The van der Waals surface area contributed by atoms with Gasteiger partial charge in [0.1, 0.15) is 0 Å². The minimum atomic E-state index is 0.208. The Morgan fingerprint density at radius 3 is 2.55 bits per heavy atom. The van der Waals surface area contributed by atoms with Gasteiger partial charge in [-0.3, -0.25) is 10.00 Å². The largest absolute Gasteiger partial charge is 0.379 e. The van der Waals surface area contributed by atoms with Gasteiger partial charge in [0.25, 0.3) is 0 Å². The predicted octanol–water partition coefficient (Wildman–Crippen LogP) is 2.00. The Bertz CT molecular complexity index is 444. The van der Waals surface area contributed by atoms with Crippen molar-refractivity contribution in [2.75, 3.05) is 46.4 Å². The molecule has 0 amide bonds. The number of morpholine rings is 1. The molecule has 1 saturated heterocycles. The van der Waals surface area contributed by atoms with Crippen LogP contribution in [-0.2, 0) is 11.2 Å². The number of nitrogens with one attached hydrogen (secondary N) is 1. The number of ether oxygens (including phenoxy) is 1. The Balaban J connectivity index is 1.76. The second-order valence-corrected chi connectivity index (χ2v) is 7.17. The molecule has 2 rings (SSSR count). The lowest BCUT2D eigenvalue weighted by Crippen LogP contribution is -2.55. The molecule has 1 aromatic heterocycles. The van der Waals surface area contributed by atoms with E-state index in [1.54, 1.807) is 0 Å². The molecule has 5 nitrogen and oxygen atoms in total. The number of aryl methyl sites for hydroxylation is 2. The third-order valence-corrected chi connectivity index (χ3v) is 4.77. The van der Waals surface area contributed by atoms with Gasteiger partial charge in [-0.05, 0) is 59.7 Å². The van der Waals surface area contributed by atoms with Gasteiger partial charge < -0.3 is 9.64 Å². The van der Waals surface area contributed by atoms with Crippen molar-refractivity contribution in [1.29, 1.82) is 0 Å². The summed E-state index contributed by atoms with van der Waals surface area (Å²) in [6.45, 7) is 14.9. The summed E-state index contributed by atoms with van der Waals surface area (Å²) < 4.78 is 5.46. The van der Waals surface area contributed by atoms with Gasteiger partial charge in [-0.1, -0.05) is 0 Å². The van der Waals surface area contributed by atoms with Crippen molar-refractivity contribution in [3.63, 3.8) is 0 Å². The van der Waals surface area contributed by atoms with Crippen molar-refractivity contribution in [2.24, 2.45) is 0 Å². The molecule has 1 N–H and O–H groups in total. The van der Waals surface area contributed by atoms with Crippen LogP contribution in [0.3, 0.4) is 0 Å². The topological polar surface area (TPSA) is 44.4 Å². The van der Waals surface area contributed by atoms with Crippen LogP contribution in [0.15, 0.2) is 0 Å². The molecule has 0 atom stereocenters. The summed E-state index contributed by atoms with van der Waals surface area (Å²) >= 11 is 0. The molecule has 0 bridgehead atoms. The van der Waals surface area contributed by atoms with Crippen molar-refractivity contribution in [3.8, 4) is 0 Å². The molecule has 0 radical (unpaired) electrons. The highest BCUT2D eigenvalue weighted by Gasteiger charge is 2.29. The average Bonchev–Trinajstić information content (AvgIpc) is 2.79. The fraction of sp³-hybridized carbons (Fsp3) is 0.824. The van der Waals surface area contributed by atoms with Gasteiger partial charge in [0.2, 0.25) is 0 Å². The van der Waals surface area contributed by atoms with Crippen molar-refractivity contribution < 1.29 is 4.74 Å². The molecular weight excluding hydrogens is 276 g/mol. The van der Waals surface area contributed by atoms with Gasteiger partial charge >= 0.3 is 0 Å². The van der Waals surface area contributed by atoms with Crippen LogP contribution in [0.1, 0.15) is 37.2 Å².